The molecule has 2 aromatic rings. The Morgan fingerprint density at radius 3 is 2.74 bits per heavy atom. The Balaban J connectivity index is 1.99. The van der Waals surface area contributed by atoms with Crippen molar-refractivity contribution >= 4 is 5.91 Å². The molecule has 0 saturated carbocycles. The van der Waals surface area contributed by atoms with Crippen molar-refractivity contribution in [1.29, 1.82) is 0 Å². The van der Waals surface area contributed by atoms with Crippen LogP contribution in [0.1, 0.15) is 35.8 Å². The third kappa shape index (κ3) is 3.34. The number of nitrogens with zero attached hydrogens (tertiary/aromatic N) is 1. The highest BCUT2D eigenvalue weighted by Crippen LogP contribution is 2.14. The van der Waals surface area contributed by atoms with Crippen LogP contribution >= 0.6 is 0 Å². The Morgan fingerprint density at radius 1 is 1.42 bits per heavy atom. The second-order valence-electron chi connectivity index (χ2n) is 4.18. The monoisotopic (exact) mass is 259 g/mol. The fourth-order valence-electron chi connectivity index (χ4n) is 1.73. The summed E-state index contributed by atoms with van der Waals surface area (Å²) < 4.78 is 5.34. The van der Waals surface area contributed by atoms with Crippen LogP contribution < -0.4 is 10.1 Å². The molecule has 19 heavy (non-hydrogen) atoms. The van der Waals surface area contributed by atoms with E-state index in [4.69, 9.17) is 4.74 Å². The molecule has 0 aliphatic carbocycles. The number of aromatic nitrogens is 2. The van der Waals surface area contributed by atoms with E-state index >= 15 is 0 Å². The first-order chi connectivity index (χ1) is 9.20. The molecular formula is C14H17N3O2. The van der Waals surface area contributed by atoms with Gasteiger partial charge in [-0.2, -0.15) is 5.10 Å². The van der Waals surface area contributed by atoms with Crippen molar-refractivity contribution in [2.24, 2.45) is 0 Å². The highest BCUT2D eigenvalue weighted by atomic mass is 16.5. The molecule has 1 unspecified atom stereocenters. The Morgan fingerprint density at radius 2 is 2.16 bits per heavy atom. The van der Waals surface area contributed by atoms with Crippen LogP contribution in [0, 0.1) is 0 Å². The lowest BCUT2D eigenvalue weighted by molar-refractivity contribution is 0.0940. The van der Waals surface area contributed by atoms with Crippen molar-refractivity contribution < 1.29 is 9.53 Å². The third-order valence-electron chi connectivity index (χ3n) is 2.79. The number of nitrogens with one attached hydrogen (secondary N) is 2. The second-order valence-corrected chi connectivity index (χ2v) is 4.18. The van der Waals surface area contributed by atoms with E-state index < -0.39 is 0 Å². The fourth-order valence-corrected chi connectivity index (χ4v) is 1.73. The molecule has 1 atom stereocenters. The summed E-state index contributed by atoms with van der Waals surface area (Å²) in [6.07, 6.45) is 3.46. The number of H-pyrrole nitrogens is 1. The van der Waals surface area contributed by atoms with Gasteiger partial charge in [0.1, 0.15) is 5.75 Å². The molecule has 0 aliphatic heterocycles. The second kappa shape index (κ2) is 6.04. The molecule has 0 bridgehead atoms. The summed E-state index contributed by atoms with van der Waals surface area (Å²) >= 11 is 0. The summed E-state index contributed by atoms with van der Waals surface area (Å²) in [5.41, 5.74) is 1.55. The quantitative estimate of drug-likeness (QED) is 0.865. The van der Waals surface area contributed by atoms with E-state index in [0.29, 0.717) is 12.2 Å². The third-order valence-corrected chi connectivity index (χ3v) is 2.79. The van der Waals surface area contributed by atoms with E-state index in [-0.39, 0.29) is 11.9 Å². The average molecular weight is 259 g/mol. The molecule has 0 spiro atoms. The molecule has 2 N–H and O–H groups in total. The van der Waals surface area contributed by atoms with Crippen molar-refractivity contribution in [1.82, 2.24) is 15.5 Å². The van der Waals surface area contributed by atoms with E-state index in [9.17, 15) is 4.79 Å². The molecule has 100 valence electrons. The van der Waals surface area contributed by atoms with Crippen molar-refractivity contribution in [3.05, 3.63) is 47.8 Å². The molecule has 1 aromatic heterocycles. The van der Waals surface area contributed by atoms with Gasteiger partial charge in [0.25, 0.3) is 5.91 Å². The van der Waals surface area contributed by atoms with Gasteiger partial charge in [0.05, 0.1) is 18.8 Å². The van der Waals surface area contributed by atoms with Gasteiger partial charge in [0, 0.05) is 17.3 Å². The zero-order valence-corrected chi connectivity index (χ0v) is 11.0. The summed E-state index contributed by atoms with van der Waals surface area (Å²) in [7, 11) is 0. The standard InChI is InChI=1S/C14H17N3O2/c1-3-19-13-6-4-11(5-7-13)14(18)17-10(2)12-8-15-16-9-12/h4-10H,3H2,1-2H3,(H,15,16)(H,17,18). The van der Waals surface area contributed by atoms with Gasteiger partial charge < -0.3 is 10.1 Å². The smallest absolute Gasteiger partial charge is 0.251 e. The Bertz CT molecular complexity index is 520. The largest absolute Gasteiger partial charge is 0.494 e. The fraction of sp³-hybridized carbons (Fsp3) is 0.286. The molecule has 0 fully saturated rings. The zero-order valence-electron chi connectivity index (χ0n) is 11.0. The van der Waals surface area contributed by atoms with Crippen molar-refractivity contribution in [2.75, 3.05) is 6.61 Å². The summed E-state index contributed by atoms with van der Waals surface area (Å²) in [5, 5.41) is 9.50. The van der Waals surface area contributed by atoms with E-state index in [0.717, 1.165) is 11.3 Å². The van der Waals surface area contributed by atoms with Gasteiger partial charge in [-0.25, -0.2) is 0 Å². The lowest BCUT2D eigenvalue weighted by atomic mass is 10.1. The molecule has 0 aliphatic rings. The van der Waals surface area contributed by atoms with Gasteiger partial charge in [0.2, 0.25) is 0 Å². The Kier molecular flexibility index (Phi) is 4.18. The van der Waals surface area contributed by atoms with Gasteiger partial charge in [0.15, 0.2) is 0 Å². The minimum atomic E-state index is -0.114. The first-order valence-electron chi connectivity index (χ1n) is 6.23. The van der Waals surface area contributed by atoms with E-state index in [1.165, 1.54) is 0 Å². The first kappa shape index (κ1) is 13.1. The van der Waals surface area contributed by atoms with E-state index in [1.54, 1.807) is 36.7 Å². The first-order valence-corrected chi connectivity index (χ1v) is 6.23. The zero-order chi connectivity index (χ0) is 13.7. The van der Waals surface area contributed by atoms with Crippen LogP contribution in [0.15, 0.2) is 36.7 Å². The van der Waals surface area contributed by atoms with E-state index in [1.807, 2.05) is 13.8 Å². The number of amides is 1. The number of hydrogen-bond donors (Lipinski definition) is 2. The molecule has 1 amide bonds. The van der Waals surface area contributed by atoms with Crippen molar-refractivity contribution in [3.63, 3.8) is 0 Å². The predicted molar refractivity (Wildman–Crippen MR) is 72.1 cm³/mol. The van der Waals surface area contributed by atoms with Gasteiger partial charge >= 0.3 is 0 Å². The van der Waals surface area contributed by atoms with Crippen LogP contribution in [0.4, 0.5) is 0 Å². The normalized spacial score (nSPS) is 11.9. The van der Waals surface area contributed by atoms with Crippen molar-refractivity contribution in [3.8, 4) is 5.75 Å². The maximum Gasteiger partial charge on any atom is 0.251 e. The maximum atomic E-state index is 12.0. The summed E-state index contributed by atoms with van der Waals surface area (Å²) in [5.74, 6) is 0.652. The van der Waals surface area contributed by atoms with Crippen LogP contribution in [-0.4, -0.2) is 22.7 Å². The Hall–Kier alpha value is -2.30. The van der Waals surface area contributed by atoms with Crippen molar-refractivity contribution in [2.45, 2.75) is 19.9 Å². The van der Waals surface area contributed by atoms with Gasteiger partial charge in [-0.05, 0) is 38.1 Å². The lowest BCUT2D eigenvalue weighted by Crippen LogP contribution is -2.26. The summed E-state index contributed by atoms with van der Waals surface area (Å²) in [6.45, 7) is 4.45. The molecular weight excluding hydrogens is 242 g/mol. The number of ether oxygens (including phenoxy) is 1. The number of benzene rings is 1. The highest BCUT2D eigenvalue weighted by Gasteiger charge is 2.12. The van der Waals surface area contributed by atoms with Crippen LogP contribution in [0.25, 0.3) is 0 Å². The van der Waals surface area contributed by atoms with Crippen LogP contribution in [0.5, 0.6) is 5.75 Å². The predicted octanol–water partition coefficient (Wildman–Crippen LogP) is 2.30. The summed E-state index contributed by atoms with van der Waals surface area (Å²) in [6, 6.07) is 7.00. The van der Waals surface area contributed by atoms with Crippen LogP contribution in [0.3, 0.4) is 0 Å². The molecule has 1 heterocycles. The molecule has 0 saturated heterocycles. The topological polar surface area (TPSA) is 67.0 Å². The maximum absolute atomic E-state index is 12.0. The number of hydrogen-bond acceptors (Lipinski definition) is 3. The molecule has 1 aromatic carbocycles. The molecule has 5 nitrogen and oxygen atoms in total. The van der Waals surface area contributed by atoms with Gasteiger partial charge in [-0.1, -0.05) is 0 Å². The molecule has 5 heteroatoms. The minimum Gasteiger partial charge on any atom is -0.494 e. The number of carbonyl (C=O) groups is 1. The Labute approximate surface area is 112 Å². The van der Waals surface area contributed by atoms with Gasteiger partial charge in [-0.3, -0.25) is 9.89 Å². The van der Waals surface area contributed by atoms with Crippen LogP contribution in [-0.2, 0) is 0 Å². The average Bonchev–Trinajstić information content (AvgIpc) is 2.94. The molecule has 0 radical (unpaired) electrons. The van der Waals surface area contributed by atoms with E-state index in [2.05, 4.69) is 15.5 Å². The highest BCUT2D eigenvalue weighted by molar-refractivity contribution is 5.94. The lowest BCUT2D eigenvalue weighted by Gasteiger charge is -2.12. The summed E-state index contributed by atoms with van der Waals surface area (Å²) in [4.78, 5) is 12.0. The van der Waals surface area contributed by atoms with Gasteiger partial charge in [-0.15, -0.1) is 0 Å². The number of rotatable bonds is 5. The number of aromatic amines is 1. The van der Waals surface area contributed by atoms with Crippen LogP contribution in [0.2, 0.25) is 0 Å². The minimum absolute atomic E-state index is 0.0854. The molecule has 2 rings (SSSR count). The number of carbonyl (C=O) groups excluding carboxylic acids is 1. The SMILES string of the molecule is CCOc1ccc(C(=O)NC(C)c2cn[nH]c2)cc1.